The number of rotatable bonds is 2. The summed E-state index contributed by atoms with van der Waals surface area (Å²) in [6, 6.07) is 0. The Morgan fingerprint density at radius 3 is 2.78 bits per heavy atom. The van der Waals surface area contributed by atoms with Gasteiger partial charge in [-0.1, -0.05) is 12.8 Å². The SMILES string of the molecule is OC1CCCCC1c1cnn(C2CCCCO2)c1. The van der Waals surface area contributed by atoms with Crippen LogP contribution in [0.25, 0.3) is 0 Å². The minimum Gasteiger partial charge on any atom is -0.392 e. The third-order valence-electron chi connectivity index (χ3n) is 4.23. The first-order valence-corrected chi connectivity index (χ1v) is 7.18. The van der Waals surface area contributed by atoms with Gasteiger partial charge in [0, 0.05) is 18.7 Å². The number of aliphatic hydroxyl groups is 1. The van der Waals surface area contributed by atoms with Gasteiger partial charge in [-0.25, -0.2) is 4.68 Å². The lowest BCUT2D eigenvalue weighted by atomic mass is 9.83. The smallest absolute Gasteiger partial charge is 0.150 e. The molecule has 0 bridgehead atoms. The van der Waals surface area contributed by atoms with Gasteiger partial charge in [0.2, 0.25) is 0 Å². The minimum absolute atomic E-state index is 0.105. The van der Waals surface area contributed by atoms with Crippen LogP contribution in [0.4, 0.5) is 0 Å². The number of nitrogens with zero attached hydrogens (tertiary/aromatic N) is 2. The Kier molecular flexibility index (Phi) is 3.66. The van der Waals surface area contributed by atoms with E-state index >= 15 is 0 Å². The average Bonchev–Trinajstić information content (AvgIpc) is 2.90. The van der Waals surface area contributed by atoms with Crippen LogP contribution in [0.1, 0.15) is 62.7 Å². The third-order valence-corrected chi connectivity index (χ3v) is 4.23. The number of hydrogen-bond donors (Lipinski definition) is 1. The Hall–Kier alpha value is -0.870. The first-order chi connectivity index (χ1) is 8.84. The van der Waals surface area contributed by atoms with Crippen molar-refractivity contribution in [2.75, 3.05) is 6.61 Å². The molecule has 100 valence electrons. The van der Waals surface area contributed by atoms with E-state index in [2.05, 4.69) is 11.3 Å². The van der Waals surface area contributed by atoms with Gasteiger partial charge in [-0.3, -0.25) is 0 Å². The topological polar surface area (TPSA) is 47.3 Å². The van der Waals surface area contributed by atoms with E-state index in [-0.39, 0.29) is 18.2 Å². The molecule has 0 radical (unpaired) electrons. The van der Waals surface area contributed by atoms with Gasteiger partial charge in [0.05, 0.1) is 12.3 Å². The minimum atomic E-state index is -0.191. The molecule has 1 aromatic rings. The molecule has 3 unspecified atom stereocenters. The van der Waals surface area contributed by atoms with Crippen molar-refractivity contribution in [3.63, 3.8) is 0 Å². The van der Waals surface area contributed by atoms with Crippen molar-refractivity contribution in [1.29, 1.82) is 0 Å². The molecule has 2 heterocycles. The Morgan fingerprint density at radius 2 is 2.00 bits per heavy atom. The maximum absolute atomic E-state index is 10.1. The van der Waals surface area contributed by atoms with Crippen LogP contribution in [0.3, 0.4) is 0 Å². The molecule has 2 aliphatic rings. The molecule has 1 saturated carbocycles. The molecule has 3 rings (SSSR count). The predicted molar refractivity (Wildman–Crippen MR) is 68.3 cm³/mol. The quantitative estimate of drug-likeness (QED) is 0.877. The molecule has 0 aromatic carbocycles. The van der Waals surface area contributed by atoms with Crippen LogP contribution in [0.5, 0.6) is 0 Å². The van der Waals surface area contributed by atoms with E-state index in [1.807, 2.05) is 10.9 Å². The maximum atomic E-state index is 10.1. The van der Waals surface area contributed by atoms with Gasteiger partial charge < -0.3 is 9.84 Å². The number of aromatic nitrogens is 2. The standard InChI is InChI=1S/C14H22N2O2/c17-13-6-2-1-5-12(13)11-9-15-16(10-11)14-7-3-4-8-18-14/h9-10,12-14,17H,1-8H2. The molecular formula is C14H22N2O2. The van der Waals surface area contributed by atoms with E-state index in [1.165, 1.54) is 18.4 Å². The molecule has 3 atom stereocenters. The van der Waals surface area contributed by atoms with Crippen LogP contribution in [0.15, 0.2) is 12.4 Å². The van der Waals surface area contributed by atoms with Gasteiger partial charge in [0.1, 0.15) is 6.23 Å². The fourth-order valence-electron chi connectivity index (χ4n) is 3.13. The van der Waals surface area contributed by atoms with Gasteiger partial charge in [-0.15, -0.1) is 0 Å². The van der Waals surface area contributed by atoms with Gasteiger partial charge in [-0.05, 0) is 37.7 Å². The zero-order valence-corrected chi connectivity index (χ0v) is 10.8. The van der Waals surface area contributed by atoms with Gasteiger partial charge >= 0.3 is 0 Å². The lowest BCUT2D eigenvalue weighted by molar-refractivity contribution is -0.0395. The Bertz CT molecular complexity index is 385. The molecule has 1 aliphatic heterocycles. The Labute approximate surface area is 108 Å². The molecule has 18 heavy (non-hydrogen) atoms. The van der Waals surface area contributed by atoms with Crippen molar-refractivity contribution in [2.45, 2.75) is 63.2 Å². The maximum Gasteiger partial charge on any atom is 0.150 e. The van der Waals surface area contributed by atoms with E-state index in [9.17, 15) is 5.11 Å². The second kappa shape index (κ2) is 5.41. The summed E-state index contributed by atoms with van der Waals surface area (Å²) in [5.41, 5.74) is 1.18. The number of aliphatic hydroxyl groups excluding tert-OH is 1. The molecule has 0 spiro atoms. The monoisotopic (exact) mass is 250 g/mol. The largest absolute Gasteiger partial charge is 0.392 e. The summed E-state index contributed by atoms with van der Waals surface area (Å²) in [4.78, 5) is 0. The van der Waals surface area contributed by atoms with Gasteiger partial charge in [0.15, 0.2) is 0 Å². The van der Waals surface area contributed by atoms with E-state index in [0.717, 1.165) is 38.7 Å². The molecule has 1 saturated heterocycles. The second-order valence-electron chi connectivity index (χ2n) is 5.53. The van der Waals surface area contributed by atoms with Crippen LogP contribution >= 0.6 is 0 Å². The summed E-state index contributed by atoms with van der Waals surface area (Å²) in [5, 5.41) is 14.5. The van der Waals surface area contributed by atoms with Gasteiger partial charge in [0.25, 0.3) is 0 Å². The van der Waals surface area contributed by atoms with E-state index in [0.29, 0.717) is 0 Å². The van der Waals surface area contributed by atoms with Crippen LogP contribution in [-0.4, -0.2) is 27.6 Å². The van der Waals surface area contributed by atoms with Crippen molar-refractivity contribution in [3.8, 4) is 0 Å². The van der Waals surface area contributed by atoms with Crippen LogP contribution in [0.2, 0.25) is 0 Å². The summed E-state index contributed by atoms with van der Waals surface area (Å²) in [6.45, 7) is 0.839. The molecule has 4 heteroatoms. The molecule has 1 aliphatic carbocycles. The molecule has 0 amide bonds. The first-order valence-electron chi connectivity index (χ1n) is 7.18. The Balaban J connectivity index is 1.71. The summed E-state index contributed by atoms with van der Waals surface area (Å²) < 4.78 is 7.67. The van der Waals surface area contributed by atoms with Crippen molar-refractivity contribution in [2.24, 2.45) is 0 Å². The van der Waals surface area contributed by atoms with Crippen molar-refractivity contribution in [3.05, 3.63) is 18.0 Å². The zero-order valence-electron chi connectivity index (χ0n) is 10.8. The molecular weight excluding hydrogens is 228 g/mol. The highest BCUT2D eigenvalue weighted by Gasteiger charge is 2.26. The lowest BCUT2D eigenvalue weighted by Gasteiger charge is -2.27. The summed E-state index contributed by atoms with van der Waals surface area (Å²) >= 11 is 0. The van der Waals surface area contributed by atoms with E-state index < -0.39 is 0 Å². The summed E-state index contributed by atoms with van der Waals surface area (Å²) in [5.74, 6) is 0.274. The average molecular weight is 250 g/mol. The van der Waals surface area contributed by atoms with Crippen molar-refractivity contribution < 1.29 is 9.84 Å². The predicted octanol–water partition coefficient (Wildman–Crippen LogP) is 2.60. The highest BCUT2D eigenvalue weighted by Crippen LogP contribution is 2.33. The summed E-state index contributed by atoms with van der Waals surface area (Å²) in [7, 11) is 0. The van der Waals surface area contributed by atoms with Crippen LogP contribution in [-0.2, 0) is 4.74 Å². The van der Waals surface area contributed by atoms with Crippen LogP contribution in [0, 0.1) is 0 Å². The zero-order chi connectivity index (χ0) is 12.4. The molecule has 2 fully saturated rings. The lowest BCUT2D eigenvalue weighted by Crippen LogP contribution is -2.22. The highest BCUT2D eigenvalue weighted by molar-refractivity contribution is 5.14. The van der Waals surface area contributed by atoms with Crippen molar-refractivity contribution >= 4 is 0 Å². The fourth-order valence-corrected chi connectivity index (χ4v) is 3.13. The van der Waals surface area contributed by atoms with Crippen LogP contribution < -0.4 is 0 Å². The molecule has 1 aromatic heterocycles. The first kappa shape index (κ1) is 12.2. The second-order valence-corrected chi connectivity index (χ2v) is 5.53. The van der Waals surface area contributed by atoms with E-state index in [1.54, 1.807) is 0 Å². The van der Waals surface area contributed by atoms with Crippen molar-refractivity contribution in [1.82, 2.24) is 9.78 Å². The highest BCUT2D eigenvalue weighted by atomic mass is 16.5. The van der Waals surface area contributed by atoms with Gasteiger partial charge in [-0.2, -0.15) is 5.10 Å². The molecule has 1 N–H and O–H groups in total. The number of ether oxygens (including phenoxy) is 1. The third kappa shape index (κ3) is 2.45. The normalized spacial score (nSPS) is 33.5. The molecule has 4 nitrogen and oxygen atoms in total. The van der Waals surface area contributed by atoms with E-state index in [4.69, 9.17) is 4.74 Å². The number of hydrogen-bond acceptors (Lipinski definition) is 3. The summed E-state index contributed by atoms with van der Waals surface area (Å²) in [6.07, 6.45) is 11.7. The fraction of sp³-hybridized carbons (Fsp3) is 0.786. The Morgan fingerprint density at radius 1 is 1.17 bits per heavy atom.